The zero-order valence-corrected chi connectivity index (χ0v) is 14.5. The molecule has 1 unspecified atom stereocenters. The van der Waals surface area contributed by atoms with E-state index < -0.39 is 0 Å². The van der Waals surface area contributed by atoms with Gasteiger partial charge in [0.05, 0.1) is 16.6 Å². The van der Waals surface area contributed by atoms with E-state index in [1.165, 1.54) is 22.7 Å². The number of benzene rings is 2. The molecule has 4 nitrogen and oxygen atoms in total. The zero-order valence-electron chi connectivity index (χ0n) is 13.7. The summed E-state index contributed by atoms with van der Waals surface area (Å²) in [5, 5.41) is 2.68. The highest BCUT2D eigenvalue weighted by atomic mass is 32.2. The summed E-state index contributed by atoms with van der Waals surface area (Å²) in [6, 6.07) is 10.2. The van der Waals surface area contributed by atoms with E-state index in [1.807, 2.05) is 19.1 Å². The van der Waals surface area contributed by atoms with Crippen molar-refractivity contribution in [3.05, 3.63) is 53.3 Å². The predicted octanol–water partition coefficient (Wildman–Crippen LogP) is 3.85. The van der Waals surface area contributed by atoms with Crippen LogP contribution in [0.15, 0.2) is 41.3 Å². The Morgan fingerprint density at radius 1 is 1.32 bits per heavy atom. The van der Waals surface area contributed by atoms with Gasteiger partial charge in [-0.25, -0.2) is 4.39 Å². The molecule has 0 aliphatic carbocycles. The molecular formula is C19H17FN2O2S. The second-order valence-electron chi connectivity index (χ2n) is 6.27. The lowest BCUT2D eigenvalue weighted by molar-refractivity contribution is -0.115. The number of hydrogen-bond donors (Lipinski definition) is 1. The summed E-state index contributed by atoms with van der Waals surface area (Å²) in [7, 11) is 0. The van der Waals surface area contributed by atoms with E-state index in [-0.39, 0.29) is 22.9 Å². The third-order valence-electron chi connectivity index (χ3n) is 4.57. The maximum absolute atomic E-state index is 14.3. The molecule has 2 heterocycles. The Morgan fingerprint density at radius 3 is 3.00 bits per heavy atom. The monoisotopic (exact) mass is 356 g/mol. The summed E-state index contributed by atoms with van der Waals surface area (Å²) >= 11 is 1.47. The van der Waals surface area contributed by atoms with Gasteiger partial charge in [0, 0.05) is 17.0 Å². The van der Waals surface area contributed by atoms with E-state index >= 15 is 0 Å². The van der Waals surface area contributed by atoms with Crippen LogP contribution in [0.25, 0.3) is 0 Å². The second kappa shape index (κ2) is 6.19. The van der Waals surface area contributed by atoms with Crippen LogP contribution in [0.4, 0.5) is 15.8 Å². The summed E-state index contributed by atoms with van der Waals surface area (Å²) in [5.41, 5.74) is 2.33. The highest BCUT2D eigenvalue weighted by Crippen LogP contribution is 2.37. The zero-order chi connectivity index (χ0) is 17.6. The molecule has 2 amide bonds. The first-order valence-corrected chi connectivity index (χ1v) is 9.13. The van der Waals surface area contributed by atoms with Gasteiger partial charge in [-0.15, -0.1) is 11.8 Å². The van der Waals surface area contributed by atoms with Crippen molar-refractivity contribution < 1.29 is 14.0 Å². The molecule has 2 aromatic carbocycles. The fourth-order valence-electron chi connectivity index (χ4n) is 3.30. The first-order valence-electron chi connectivity index (χ1n) is 8.25. The van der Waals surface area contributed by atoms with Crippen molar-refractivity contribution in [2.24, 2.45) is 0 Å². The van der Waals surface area contributed by atoms with Gasteiger partial charge in [0.2, 0.25) is 5.91 Å². The second-order valence-corrected chi connectivity index (χ2v) is 7.65. The average Bonchev–Trinajstić information content (AvgIpc) is 2.61. The number of thioether (sulfide) groups is 1. The van der Waals surface area contributed by atoms with Gasteiger partial charge in [0.15, 0.2) is 0 Å². The van der Waals surface area contributed by atoms with Crippen molar-refractivity contribution in [2.45, 2.75) is 29.9 Å². The number of halogens is 1. The molecule has 2 aliphatic heterocycles. The Morgan fingerprint density at radius 2 is 2.16 bits per heavy atom. The van der Waals surface area contributed by atoms with Crippen molar-refractivity contribution in [1.82, 2.24) is 0 Å². The van der Waals surface area contributed by atoms with Crippen LogP contribution in [0, 0.1) is 5.82 Å². The molecule has 2 aromatic rings. The number of carbonyl (C=O) groups is 2. The van der Waals surface area contributed by atoms with Crippen molar-refractivity contribution >= 4 is 35.0 Å². The standard InChI is InChI=1S/C19H17FN2O2S/c1-11-18(23)21-15-10-13(7-8-16(15)25-11)19(24)22-9-3-5-12-4-2-6-14(20)17(12)22/h2,4,6-8,10-11H,3,5,9H2,1H3,(H,21,23). The number of anilines is 2. The van der Waals surface area contributed by atoms with E-state index in [0.29, 0.717) is 23.5 Å². The van der Waals surface area contributed by atoms with Crippen molar-refractivity contribution in [2.75, 3.05) is 16.8 Å². The van der Waals surface area contributed by atoms with Crippen LogP contribution in [-0.4, -0.2) is 23.6 Å². The van der Waals surface area contributed by atoms with Gasteiger partial charge in [-0.3, -0.25) is 9.59 Å². The first-order chi connectivity index (χ1) is 12.0. The summed E-state index contributed by atoms with van der Waals surface area (Å²) in [6.45, 7) is 2.33. The van der Waals surface area contributed by atoms with Crippen LogP contribution in [0.3, 0.4) is 0 Å². The van der Waals surface area contributed by atoms with Crippen molar-refractivity contribution in [3.63, 3.8) is 0 Å². The molecule has 128 valence electrons. The number of fused-ring (bicyclic) bond motifs is 2. The maximum Gasteiger partial charge on any atom is 0.258 e. The number of rotatable bonds is 1. The van der Waals surface area contributed by atoms with E-state index in [1.54, 1.807) is 18.2 Å². The quantitative estimate of drug-likeness (QED) is 0.844. The molecule has 0 saturated carbocycles. The lowest BCUT2D eigenvalue weighted by Crippen LogP contribution is -2.36. The van der Waals surface area contributed by atoms with Gasteiger partial charge < -0.3 is 10.2 Å². The molecular weight excluding hydrogens is 339 g/mol. The number of aryl methyl sites for hydroxylation is 1. The molecule has 25 heavy (non-hydrogen) atoms. The minimum absolute atomic E-state index is 0.0727. The minimum atomic E-state index is -0.374. The van der Waals surface area contributed by atoms with E-state index in [4.69, 9.17) is 0 Å². The molecule has 0 spiro atoms. The van der Waals surface area contributed by atoms with Crippen molar-refractivity contribution in [1.29, 1.82) is 0 Å². The molecule has 1 N–H and O–H groups in total. The van der Waals surface area contributed by atoms with Crippen LogP contribution in [0.5, 0.6) is 0 Å². The van der Waals surface area contributed by atoms with E-state index in [0.717, 1.165) is 23.3 Å². The molecule has 1 atom stereocenters. The van der Waals surface area contributed by atoms with Gasteiger partial charge >= 0.3 is 0 Å². The van der Waals surface area contributed by atoms with Crippen LogP contribution in [0.1, 0.15) is 29.3 Å². The third kappa shape index (κ3) is 2.80. The largest absolute Gasteiger partial charge is 0.324 e. The lowest BCUT2D eigenvalue weighted by atomic mass is 10.00. The van der Waals surface area contributed by atoms with Crippen LogP contribution in [0.2, 0.25) is 0 Å². The number of nitrogens with one attached hydrogen (secondary N) is 1. The van der Waals surface area contributed by atoms with Gasteiger partial charge in [-0.05, 0) is 49.6 Å². The number of carbonyl (C=O) groups excluding carboxylic acids is 2. The first kappa shape index (κ1) is 16.1. The smallest absolute Gasteiger partial charge is 0.258 e. The summed E-state index contributed by atoms with van der Waals surface area (Å²) in [4.78, 5) is 27.3. The molecule has 4 rings (SSSR count). The Bertz CT molecular complexity index is 884. The predicted molar refractivity (Wildman–Crippen MR) is 96.8 cm³/mol. The van der Waals surface area contributed by atoms with E-state index in [9.17, 15) is 14.0 Å². The molecule has 0 radical (unpaired) electrons. The Kier molecular flexibility index (Phi) is 4.00. The van der Waals surface area contributed by atoms with E-state index in [2.05, 4.69) is 5.32 Å². The number of amides is 2. The van der Waals surface area contributed by atoms with Crippen LogP contribution in [-0.2, 0) is 11.2 Å². The fourth-order valence-corrected chi connectivity index (χ4v) is 4.23. The summed E-state index contributed by atoms with van der Waals surface area (Å²) in [6.07, 6.45) is 1.57. The average molecular weight is 356 g/mol. The molecule has 0 aromatic heterocycles. The number of para-hydroxylation sites is 1. The van der Waals surface area contributed by atoms with Crippen LogP contribution < -0.4 is 10.2 Å². The maximum atomic E-state index is 14.3. The fraction of sp³-hybridized carbons (Fsp3) is 0.263. The van der Waals surface area contributed by atoms with Gasteiger partial charge in [0.25, 0.3) is 5.91 Å². The highest BCUT2D eigenvalue weighted by Gasteiger charge is 2.28. The normalized spacial score (nSPS) is 19.0. The van der Waals surface area contributed by atoms with Crippen molar-refractivity contribution in [3.8, 4) is 0 Å². The topological polar surface area (TPSA) is 49.4 Å². The number of nitrogens with zero attached hydrogens (tertiary/aromatic N) is 1. The molecule has 2 aliphatic rings. The summed E-state index contributed by atoms with van der Waals surface area (Å²) < 4.78 is 14.3. The Hall–Kier alpha value is -2.34. The highest BCUT2D eigenvalue weighted by molar-refractivity contribution is 8.00. The van der Waals surface area contributed by atoms with Crippen LogP contribution >= 0.6 is 11.8 Å². The third-order valence-corrected chi connectivity index (χ3v) is 5.75. The van der Waals surface area contributed by atoms with Gasteiger partial charge in [-0.2, -0.15) is 0 Å². The Labute approximate surface area is 149 Å². The number of hydrogen-bond acceptors (Lipinski definition) is 3. The lowest BCUT2D eigenvalue weighted by Gasteiger charge is -2.30. The van der Waals surface area contributed by atoms with Gasteiger partial charge in [0.1, 0.15) is 5.82 Å². The Balaban J connectivity index is 1.70. The molecule has 0 bridgehead atoms. The molecule has 0 saturated heterocycles. The minimum Gasteiger partial charge on any atom is -0.324 e. The summed E-state index contributed by atoms with van der Waals surface area (Å²) in [5.74, 6) is -0.690. The van der Waals surface area contributed by atoms with Gasteiger partial charge in [-0.1, -0.05) is 12.1 Å². The SMILES string of the molecule is CC1Sc2ccc(C(=O)N3CCCc4cccc(F)c43)cc2NC1=O. The molecule has 0 fully saturated rings. The molecule has 6 heteroatoms.